The molecule has 2 amide bonds. The number of aromatic amines is 1. The van der Waals surface area contributed by atoms with E-state index < -0.39 is 11.4 Å². The third kappa shape index (κ3) is 5.35. The summed E-state index contributed by atoms with van der Waals surface area (Å²) < 4.78 is 19.9. The molecule has 1 aromatic carbocycles. The van der Waals surface area contributed by atoms with Crippen LogP contribution in [0.3, 0.4) is 0 Å². The smallest absolute Gasteiger partial charge is 0.255 e. The molecule has 0 atom stereocenters. The van der Waals surface area contributed by atoms with Crippen LogP contribution in [-0.4, -0.2) is 78.0 Å². The van der Waals surface area contributed by atoms with Gasteiger partial charge in [-0.25, -0.2) is 4.39 Å². The van der Waals surface area contributed by atoms with Crippen LogP contribution in [0, 0.1) is 23.6 Å². The van der Waals surface area contributed by atoms with Crippen LogP contribution in [0.5, 0.6) is 5.75 Å². The summed E-state index contributed by atoms with van der Waals surface area (Å²) in [4.78, 5) is 37.8. The number of anilines is 2. The minimum Gasteiger partial charge on any atom is -0.493 e. The topological polar surface area (TPSA) is 103 Å². The van der Waals surface area contributed by atoms with E-state index in [9.17, 15) is 14.0 Å². The van der Waals surface area contributed by atoms with Crippen molar-refractivity contribution in [1.82, 2.24) is 25.1 Å². The number of nitrogens with zero attached hydrogens (tertiary/aromatic N) is 3. The Morgan fingerprint density at radius 3 is 2.95 bits per heavy atom. The number of likely N-dealkylation sites (N-methyl/N-ethyl adjacent to an activating group) is 1. The number of H-pyrrole nitrogens is 1. The molecule has 7 rings (SSSR count). The number of halogens is 2. The highest BCUT2D eigenvalue weighted by Crippen LogP contribution is 2.50. The molecule has 3 aliphatic heterocycles. The molecule has 11 heteroatoms. The van der Waals surface area contributed by atoms with Crippen molar-refractivity contribution in [2.45, 2.75) is 24.8 Å². The van der Waals surface area contributed by atoms with E-state index in [0.29, 0.717) is 60.0 Å². The van der Waals surface area contributed by atoms with Crippen molar-refractivity contribution in [3.8, 4) is 28.8 Å². The minimum atomic E-state index is -0.551. The molecule has 3 N–H and O–H groups in total. The predicted octanol–water partition coefficient (Wildman–Crippen LogP) is 4.37. The third-order valence-electron chi connectivity index (χ3n) is 8.16. The van der Waals surface area contributed by atoms with Gasteiger partial charge in [0, 0.05) is 61.8 Å². The first kappa shape index (κ1) is 28.8. The van der Waals surface area contributed by atoms with E-state index in [0.717, 1.165) is 18.5 Å². The van der Waals surface area contributed by atoms with Crippen LogP contribution in [0.25, 0.3) is 11.3 Å². The maximum absolute atomic E-state index is 14.4. The fourth-order valence-electron chi connectivity index (χ4n) is 6.20. The van der Waals surface area contributed by atoms with Crippen LogP contribution >= 0.6 is 11.6 Å². The molecule has 9 nitrogen and oxygen atoms in total. The lowest BCUT2D eigenvalue weighted by atomic mass is 9.73. The fraction of sp³-hybridized carbons (Fsp3) is 0.344. The average molecular weight is 603 g/mol. The van der Waals surface area contributed by atoms with Crippen molar-refractivity contribution < 1.29 is 18.7 Å². The molecule has 0 radical (unpaired) electrons. The van der Waals surface area contributed by atoms with E-state index in [-0.39, 0.29) is 28.3 Å². The lowest BCUT2D eigenvalue weighted by molar-refractivity contribution is -0.127. The molecule has 5 heterocycles. The number of pyridine rings is 1. The maximum Gasteiger partial charge on any atom is 0.255 e. The maximum atomic E-state index is 14.4. The molecule has 1 aliphatic carbocycles. The first-order chi connectivity index (χ1) is 20.7. The molecular weight excluding hydrogens is 571 g/mol. The number of carbonyl (C=O) groups is 2. The molecular formula is C32H32ClFN6O3. The normalized spacial score (nSPS) is 20.4. The van der Waals surface area contributed by atoms with Gasteiger partial charge in [-0.05, 0) is 45.0 Å². The van der Waals surface area contributed by atoms with Gasteiger partial charge < -0.3 is 30.2 Å². The third-order valence-corrected chi connectivity index (χ3v) is 8.45. The number of nitrogens with one attached hydrogen (secondary N) is 3. The van der Waals surface area contributed by atoms with Crippen LogP contribution in [-0.2, 0) is 11.2 Å². The Balaban J connectivity index is 1.40. The number of rotatable bonds is 7. The summed E-state index contributed by atoms with van der Waals surface area (Å²) >= 11 is 6.27. The first-order valence-electron chi connectivity index (χ1n) is 14.1. The highest BCUT2D eigenvalue weighted by atomic mass is 35.5. The zero-order chi connectivity index (χ0) is 30.3. The summed E-state index contributed by atoms with van der Waals surface area (Å²) in [6.07, 6.45) is 9.11. The van der Waals surface area contributed by atoms with Crippen molar-refractivity contribution in [2.75, 3.05) is 46.2 Å². The molecule has 3 aromatic rings. The Hall–Kier alpha value is -4.33. The van der Waals surface area contributed by atoms with Crippen molar-refractivity contribution >= 4 is 34.8 Å². The van der Waals surface area contributed by atoms with Crippen molar-refractivity contribution in [3.63, 3.8) is 0 Å². The van der Waals surface area contributed by atoms with Gasteiger partial charge in [0.1, 0.15) is 11.4 Å². The Morgan fingerprint density at radius 1 is 1.37 bits per heavy atom. The predicted molar refractivity (Wildman–Crippen MR) is 163 cm³/mol. The molecule has 222 valence electrons. The lowest BCUT2D eigenvalue weighted by Crippen LogP contribution is -2.46. The van der Waals surface area contributed by atoms with Gasteiger partial charge in [-0.1, -0.05) is 29.5 Å². The summed E-state index contributed by atoms with van der Waals surface area (Å²) in [5.74, 6) is 6.61. The average Bonchev–Trinajstić information content (AvgIpc) is 3.62. The van der Waals surface area contributed by atoms with Gasteiger partial charge in [0.25, 0.3) is 5.91 Å². The standard InChI is InChI=1S/C32H32ClFN6O3/c1-39(2)12-4-5-26(41)40-18-19-15-32(40,16-19)9-6-20-17-35-10-7-22(20)28-29(27-24(37-28)8-11-36-31(27)42)38-25-14-21(34)13-23(33)30(25)43-3/h4-5,7,10,13-14,17,19,37-38H,8,11-12,15-16,18H2,1-3H3,(H,36,42)/b5-4+. The summed E-state index contributed by atoms with van der Waals surface area (Å²) in [6, 6.07) is 4.26. The fourth-order valence-corrected chi connectivity index (χ4v) is 6.48. The van der Waals surface area contributed by atoms with Gasteiger partial charge >= 0.3 is 0 Å². The largest absolute Gasteiger partial charge is 0.493 e. The number of carbonyl (C=O) groups excluding carboxylic acids is 2. The molecule has 2 aromatic heterocycles. The van der Waals surface area contributed by atoms with Crippen LogP contribution in [0.15, 0.2) is 42.7 Å². The number of amides is 2. The zero-order valence-electron chi connectivity index (χ0n) is 24.2. The molecule has 2 saturated heterocycles. The second-order valence-corrected chi connectivity index (χ2v) is 11.8. The van der Waals surface area contributed by atoms with Gasteiger partial charge in [0.15, 0.2) is 5.75 Å². The molecule has 1 saturated carbocycles. The number of benzene rings is 1. The van der Waals surface area contributed by atoms with Crippen LogP contribution < -0.4 is 15.4 Å². The Bertz CT molecular complexity index is 1700. The number of fused-ring (bicyclic) bond motifs is 2. The van der Waals surface area contributed by atoms with Gasteiger partial charge in [0.2, 0.25) is 5.91 Å². The minimum absolute atomic E-state index is 0.0280. The highest BCUT2D eigenvalue weighted by molar-refractivity contribution is 6.32. The second kappa shape index (κ2) is 11.4. The molecule has 3 fully saturated rings. The van der Waals surface area contributed by atoms with Gasteiger partial charge in [-0.3, -0.25) is 14.6 Å². The summed E-state index contributed by atoms with van der Waals surface area (Å²) in [5.41, 5.74) is 3.33. The number of methoxy groups -OCH3 is 1. The molecule has 4 aliphatic rings. The SMILES string of the molecule is COc1c(Cl)cc(F)cc1Nc1c(-c2ccncc2C#CC23CC(CN2C(=O)/C=C/CN(C)C)C3)[nH]c2c1C(=O)NCC2. The molecule has 0 spiro atoms. The van der Waals surface area contributed by atoms with Crippen LogP contribution in [0.1, 0.15) is 34.5 Å². The quantitative estimate of drug-likeness (QED) is 0.274. The highest BCUT2D eigenvalue weighted by Gasteiger charge is 2.56. The zero-order valence-corrected chi connectivity index (χ0v) is 24.9. The second-order valence-electron chi connectivity index (χ2n) is 11.4. The van der Waals surface area contributed by atoms with Gasteiger partial charge in [-0.15, -0.1) is 0 Å². The van der Waals surface area contributed by atoms with Crippen LogP contribution in [0.4, 0.5) is 15.8 Å². The molecule has 2 bridgehead atoms. The summed E-state index contributed by atoms with van der Waals surface area (Å²) in [6.45, 7) is 1.87. The monoisotopic (exact) mass is 602 g/mol. The van der Waals surface area contributed by atoms with E-state index in [1.807, 2.05) is 36.0 Å². The lowest BCUT2D eigenvalue weighted by Gasteiger charge is -2.37. The van der Waals surface area contributed by atoms with Crippen LogP contribution in [0.2, 0.25) is 5.02 Å². The number of aromatic nitrogens is 2. The number of hydrogen-bond donors (Lipinski definition) is 3. The number of ether oxygens (including phenoxy) is 1. The van der Waals surface area contributed by atoms with E-state index in [1.165, 1.54) is 19.2 Å². The van der Waals surface area contributed by atoms with Gasteiger partial charge in [-0.2, -0.15) is 0 Å². The van der Waals surface area contributed by atoms with Crippen molar-refractivity contribution in [1.29, 1.82) is 0 Å². The number of hydrogen-bond acceptors (Lipinski definition) is 6. The summed E-state index contributed by atoms with van der Waals surface area (Å²) in [5, 5.41) is 6.21. The van der Waals surface area contributed by atoms with Gasteiger partial charge in [0.05, 0.1) is 40.3 Å². The Kier molecular flexibility index (Phi) is 7.63. The Labute approximate surface area is 254 Å². The van der Waals surface area contributed by atoms with Crippen molar-refractivity contribution in [2.24, 2.45) is 5.92 Å². The van der Waals surface area contributed by atoms with E-state index in [4.69, 9.17) is 16.3 Å². The Morgan fingerprint density at radius 2 is 2.19 bits per heavy atom. The van der Waals surface area contributed by atoms with E-state index in [2.05, 4.69) is 32.4 Å². The van der Waals surface area contributed by atoms with E-state index in [1.54, 1.807) is 18.5 Å². The first-order valence-corrected chi connectivity index (χ1v) is 14.5. The summed E-state index contributed by atoms with van der Waals surface area (Å²) in [7, 11) is 5.36. The molecule has 43 heavy (non-hydrogen) atoms. The van der Waals surface area contributed by atoms with E-state index >= 15 is 0 Å². The molecule has 0 unspecified atom stereocenters. The van der Waals surface area contributed by atoms with Crippen molar-refractivity contribution in [3.05, 3.63) is 70.4 Å².